The van der Waals surface area contributed by atoms with Gasteiger partial charge in [0, 0.05) is 0 Å². The minimum absolute atomic E-state index is 0.0670. The minimum Gasteiger partial charge on any atom is -0.253 e. The van der Waals surface area contributed by atoms with Crippen LogP contribution in [0.25, 0.3) is 0 Å². The molecule has 1 saturated carbocycles. The molecule has 1 fully saturated rings. The number of halogens is 6. The van der Waals surface area contributed by atoms with Crippen LogP contribution in [0.15, 0.2) is 11.0 Å². The third-order valence-electron chi connectivity index (χ3n) is 2.62. The molecule has 0 bridgehead atoms. The van der Waals surface area contributed by atoms with Crippen molar-refractivity contribution in [2.45, 2.75) is 28.7 Å². The summed E-state index contributed by atoms with van der Waals surface area (Å²) in [5.74, 6) is 0. The summed E-state index contributed by atoms with van der Waals surface area (Å²) in [7, 11) is -2.39. The first-order valence-corrected chi connectivity index (χ1v) is 6.97. The summed E-state index contributed by atoms with van der Waals surface area (Å²) < 4.78 is 48.4. The van der Waals surface area contributed by atoms with Gasteiger partial charge in [0.25, 0.3) is 0 Å². The molecule has 18 heavy (non-hydrogen) atoms. The summed E-state index contributed by atoms with van der Waals surface area (Å²) in [6.07, 6.45) is -4.99. The monoisotopic (exact) mass is 337 g/mol. The van der Waals surface area contributed by atoms with Gasteiger partial charge in [0.15, 0.2) is 0 Å². The smallest absolute Gasteiger partial charge is 0.253 e. The number of aromatic nitrogens is 1. The van der Waals surface area contributed by atoms with E-state index in [1.54, 1.807) is 0 Å². The quantitative estimate of drug-likeness (QED) is 0.755. The minimum atomic E-state index is -4.57. The molecule has 0 amide bonds. The lowest BCUT2D eigenvalue weighted by atomic mass is 10.4. The fourth-order valence-corrected chi connectivity index (χ4v) is 4.15. The van der Waals surface area contributed by atoms with Crippen molar-refractivity contribution in [2.24, 2.45) is 0 Å². The normalized spacial score (nSPS) is 19.7. The zero-order chi connectivity index (χ0) is 13.7. The maximum Gasteiger partial charge on any atom is 0.406 e. The van der Waals surface area contributed by atoms with E-state index in [1.165, 1.54) is 0 Å². The second-order valence-electron chi connectivity index (χ2n) is 3.81. The molecule has 0 spiro atoms. The van der Waals surface area contributed by atoms with Gasteiger partial charge in [-0.3, -0.25) is 4.21 Å². The summed E-state index contributed by atoms with van der Waals surface area (Å²) in [6.45, 7) is 0. The zero-order valence-corrected chi connectivity index (χ0v) is 11.6. The van der Waals surface area contributed by atoms with Crippen molar-refractivity contribution in [3.05, 3.63) is 21.4 Å². The van der Waals surface area contributed by atoms with E-state index in [4.69, 9.17) is 34.8 Å². The highest BCUT2D eigenvalue weighted by atomic mass is 35.5. The second kappa shape index (κ2) is 4.51. The Balaban J connectivity index is 2.49. The third kappa shape index (κ3) is 2.24. The number of hydrogen-bond acceptors (Lipinski definition) is 2. The predicted octanol–water partition coefficient (Wildman–Crippen LogP) is 4.24. The summed E-state index contributed by atoms with van der Waals surface area (Å²) >= 11 is 17.0. The topological polar surface area (TPSA) is 30.0 Å². The Kier molecular flexibility index (Phi) is 3.60. The summed E-state index contributed by atoms with van der Waals surface area (Å²) in [4.78, 5) is 3.26. The van der Waals surface area contributed by atoms with E-state index in [0.29, 0.717) is 0 Å². The Hall–Kier alpha value is -0.0400. The van der Waals surface area contributed by atoms with Gasteiger partial charge in [-0.1, -0.05) is 34.8 Å². The van der Waals surface area contributed by atoms with Crippen molar-refractivity contribution >= 4 is 45.6 Å². The molecule has 0 N–H and O–H groups in total. The highest BCUT2D eigenvalue weighted by Crippen LogP contribution is 2.56. The fourth-order valence-electron chi connectivity index (χ4n) is 1.49. The number of alkyl halides is 3. The fraction of sp³-hybridized carbons (Fsp3) is 0.444. The molecule has 1 heterocycles. The van der Waals surface area contributed by atoms with Crippen LogP contribution in [-0.2, 0) is 10.8 Å². The van der Waals surface area contributed by atoms with E-state index in [-0.39, 0.29) is 33.1 Å². The van der Waals surface area contributed by atoms with E-state index >= 15 is 0 Å². The van der Waals surface area contributed by atoms with Crippen LogP contribution in [0.3, 0.4) is 0 Å². The van der Waals surface area contributed by atoms with Crippen molar-refractivity contribution < 1.29 is 17.4 Å². The highest BCUT2D eigenvalue weighted by Gasteiger charge is 2.68. The predicted molar refractivity (Wildman–Crippen MR) is 63.7 cm³/mol. The number of hydrogen-bond donors (Lipinski definition) is 0. The van der Waals surface area contributed by atoms with Gasteiger partial charge in [0.05, 0.1) is 20.7 Å². The van der Waals surface area contributed by atoms with Crippen molar-refractivity contribution in [3.63, 3.8) is 0 Å². The number of nitrogens with zero attached hydrogens (tertiary/aromatic N) is 1. The van der Waals surface area contributed by atoms with Crippen molar-refractivity contribution in [1.82, 2.24) is 4.98 Å². The van der Waals surface area contributed by atoms with Gasteiger partial charge in [-0.05, 0) is 18.9 Å². The van der Waals surface area contributed by atoms with Gasteiger partial charge in [-0.25, -0.2) is 4.98 Å². The molecule has 9 heteroatoms. The number of rotatable bonds is 2. The summed E-state index contributed by atoms with van der Waals surface area (Å²) in [5, 5.41) is -0.599. The molecule has 2 rings (SSSR count). The van der Waals surface area contributed by atoms with Gasteiger partial charge in [-0.2, -0.15) is 13.2 Å². The molecular weight excluding hydrogens is 334 g/mol. The average Bonchev–Trinajstić information content (AvgIpc) is 2.94. The Morgan fingerprint density at radius 1 is 1.28 bits per heavy atom. The van der Waals surface area contributed by atoms with Gasteiger partial charge in [0.1, 0.15) is 15.1 Å². The molecule has 1 aromatic rings. The Morgan fingerprint density at radius 2 is 1.83 bits per heavy atom. The molecule has 100 valence electrons. The van der Waals surface area contributed by atoms with Gasteiger partial charge in [0.2, 0.25) is 0 Å². The molecule has 1 atom stereocenters. The van der Waals surface area contributed by atoms with E-state index in [9.17, 15) is 17.4 Å². The molecule has 2 nitrogen and oxygen atoms in total. The van der Waals surface area contributed by atoms with Crippen LogP contribution in [0, 0.1) is 0 Å². The Labute approximate surface area is 118 Å². The molecule has 1 aliphatic rings. The lowest BCUT2D eigenvalue weighted by Crippen LogP contribution is -2.35. The van der Waals surface area contributed by atoms with Crippen molar-refractivity contribution in [2.75, 3.05) is 0 Å². The van der Waals surface area contributed by atoms with Crippen LogP contribution < -0.4 is 0 Å². The Bertz CT molecular complexity index is 507. The molecular formula is C9H5Cl3F3NOS. The maximum atomic E-state index is 12.8. The first-order chi connectivity index (χ1) is 8.19. The van der Waals surface area contributed by atoms with Crippen LogP contribution in [0.5, 0.6) is 0 Å². The maximum absolute atomic E-state index is 12.8. The van der Waals surface area contributed by atoms with E-state index in [1.807, 2.05) is 0 Å². The SMILES string of the molecule is O=S(c1c(Cl)cc(Cl)nc1Cl)C1(C(F)(F)F)CC1. The van der Waals surface area contributed by atoms with Gasteiger partial charge in [-0.15, -0.1) is 0 Å². The van der Waals surface area contributed by atoms with Crippen LogP contribution in [-0.4, -0.2) is 20.1 Å². The van der Waals surface area contributed by atoms with Crippen LogP contribution in [0.1, 0.15) is 12.8 Å². The van der Waals surface area contributed by atoms with Crippen molar-refractivity contribution in [3.8, 4) is 0 Å². The average molecular weight is 339 g/mol. The van der Waals surface area contributed by atoms with Crippen molar-refractivity contribution in [1.29, 1.82) is 0 Å². The van der Waals surface area contributed by atoms with Crippen LogP contribution in [0.4, 0.5) is 13.2 Å². The zero-order valence-electron chi connectivity index (χ0n) is 8.52. The standard InChI is InChI=1S/C9H5Cl3F3NOS/c10-4-3-5(11)16-7(12)6(4)18(17)8(1-2-8)9(13,14)15/h3H,1-2H2. The third-order valence-corrected chi connectivity index (χ3v) is 5.74. The first kappa shape index (κ1) is 14.4. The molecule has 0 aromatic carbocycles. The molecule has 1 aliphatic carbocycles. The summed E-state index contributed by atoms with van der Waals surface area (Å²) in [5.41, 5.74) is 0. The lowest BCUT2D eigenvalue weighted by Gasteiger charge is -2.19. The van der Waals surface area contributed by atoms with Gasteiger partial charge >= 0.3 is 6.18 Å². The van der Waals surface area contributed by atoms with E-state index < -0.39 is 21.7 Å². The van der Waals surface area contributed by atoms with Gasteiger partial charge < -0.3 is 0 Å². The highest BCUT2D eigenvalue weighted by molar-refractivity contribution is 7.87. The molecule has 1 aromatic heterocycles. The molecule has 0 saturated heterocycles. The van der Waals surface area contributed by atoms with E-state index in [2.05, 4.69) is 4.98 Å². The lowest BCUT2D eigenvalue weighted by molar-refractivity contribution is -0.136. The second-order valence-corrected chi connectivity index (χ2v) is 6.69. The largest absolute Gasteiger partial charge is 0.406 e. The van der Waals surface area contributed by atoms with Crippen LogP contribution >= 0.6 is 34.8 Å². The first-order valence-electron chi connectivity index (χ1n) is 4.69. The number of pyridine rings is 1. The molecule has 0 aliphatic heterocycles. The summed E-state index contributed by atoms with van der Waals surface area (Å²) in [6, 6.07) is 1.12. The van der Waals surface area contributed by atoms with E-state index in [0.717, 1.165) is 6.07 Å². The molecule has 1 unspecified atom stereocenters. The molecule has 0 radical (unpaired) electrons. The Morgan fingerprint density at radius 3 is 2.22 bits per heavy atom. The van der Waals surface area contributed by atoms with Crippen LogP contribution in [0.2, 0.25) is 15.3 Å².